The molecule has 1 fully saturated rings. The van der Waals surface area contributed by atoms with Gasteiger partial charge in [-0.3, -0.25) is 14.9 Å². The van der Waals surface area contributed by atoms with E-state index < -0.39 is 22.7 Å². The van der Waals surface area contributed by atoms with Gasteiger partial charge in [-0.1, -0.05) is 131 Å². The third kappa shape index (κ3) is 13.4. The summed E-state index contributed by atoms with van der Waals surface area (Å²) in [4.78, 5) is 33.6. The summed E-state index contributed by atoms with van der Waals surface area (Å²) >= 11 is 0. The second-order valence-corrected chi connectivity index (χ2v) is 19.5. The van der Waals surface area contributed by atoms with Gasteiger partial charge in [0.2, 0.25) is 11.7 Å². The van der Waals surface area contributed by atoms with Crippen molar-refractivity contribution >= 4 is 17.3 Å². The highest BCUT2D eigenvalue weighted by atomic mass is 16.7. The van der Waals surface area contributed by atoms with Crippen molar-refractivity contribution < 1.29 is 39.0 Å². The van der Waals surface area contributed by atoms with Crippen LogP contribution < -0.4 is 9.47 Å². The lowest BCUT2D eigenvalue weighted by molar-refractivity contribution is -0.384. The summed E-state index contributed by atoms with van der Waals surface area (Å²) in [5, 5.41) is 36.4. The van der Waals surface area contributed by atoms with Gasteiger partial charge in [-0.15, -0.1) is 6.58 Å². The molecule has 1 aliphatic heterocycles. The molecule has 0 aromatic heterocycles. The molecule has 4 aromatic rings. The average Bonchev–Trinajstić information content (AvgIpc) is 3.39. The van der Waals surface area contributed by atoms with Gasteiger partial charge >= 0.3 is 0 Å². The minimum atomic E-state index is -1.36. The van der Waals surface area contributed by atoms with E-state index in [0.717, 1.165) is 72.8 Å². The fourth-order valence-corrected chi connectivity index (χ4v) is 11.1. The molecule has 3 aliphatic rings. The number of likely N-dealkylation sites (N-methyl/N-ethyl adjacent to an activating group) is 1. The summed E-state index contributed by atoms with van der Waals surface area (Å²) in [6.45, 7) is 6.72. The van der Waals surface area contributed by atoms with Crippen LogP contribution in [0.15, 0.2) is 127 Å². The van der Waals surface area contributed by atoms with Gasteiger partial charge in [0.25, 0.3) is 5.69 Å². The summed E-state index contributed by atoms with van der Waals surface area (Å²) in [5.41, 5.74) is 5.51. The number of benzene rings is 4. The van der Waals surface area contributed by atoms with Crippen LogP contribution in [0.1, 0.15) is 133 Å². The minimum absolute atomic E-state index is 0.00302. The molecule has 0 radical (unpaired) electrons. The van der Waals surface area contributed by atoms with Crippen molar-refractivity contribution in [2.24, 2.45) is 22.9 Å². The Balaban J connectivity index is 1.29. The van der Waals surface area contributed by atoms with Crippen LogP contribution in [0.2, 0.25) is 0 Å². The highest BCUT2D eigenvalue weighted by molar-refractivity contribution is 6.03. The number of rotatable bonds is 29. The van der Waals surface area contributed by atoms with Gasteiger partial charge in [-0.2, -0.15) is 0 Å². The predicted octanol–water partition coefficient (Wildman–Crippen LogP) is 13.3. The van der Waals surface area contributed by atoms with Gasteiger partial charge in [0.15, 0.2) is 0 Å². The van der Waals surface area contributed by atoms with Gasteiger partial charge < -0.3 is 34.2 Å². The second-order valence-electron chi connectivity index (χ2n) is 19.5. The zero-order chi connectivity index (χ0) is 50.0. The highest BCUT2D eigenvalue weighted by Crippen LogP contribution is 2.62. The maximum absolute atomic E-state index is 14.6. The van der Waals surface area contributed by atoms with Crippen molar-refractivity contribution in [3.8, 4) is 28.4 Å². The average molecular weight is 970 g/mol. The Labute approximate surface area is 420 Å². The van der Waals surface area contributed by atoms with Crippen molar-refractivity contribution in [3.05, 3.63) is 143 Å². The summed E-state index contributed by atoms with van der Waals surface area (Å²) in [6.07, 6.45) is 19.6. The molecule has 0 bridgehead atoms. The van der Waals surface area contributed by atoms with Crippen molar-refractivity contribution in [1.29, 1.82) is 0 Å². The third-order valence-corrected chi connectivity index (χ3v) is 14.8. The molecule has 4 aromatic carbocycles. The molecule has 2 aliphatic carbocycles. The number of allylic oxidation sites excluding steroid dienone is 1. The number of oxime groups is 1. The molecule has 71 heavy (non-hydrogen) atoms. The van der Waals surface area contributed by atoms with E-state index in [1.165, 1.54) is 50.7 Å². The monoisotopic (exact) mass is 970 g/mol. The molecule has 1 amide bonds. The van der Waals surface area contributed by atoms with Crippen LogP contribution in [0, 0.1) is 27.9 Å². The molecular weight excluding hydrogens is 895 g/mol. The van der Waals surface area contributed by atoms with Crippen molar-refractivity contribution in [1.82, 2.24) is 4.90 Å². The fraction of sp³-hybridized carbons (Fsp3) is 0.492. The van der Waals surface area contributed by atoms with E-state index >= 15 is 0 Å². The van der Waals surface area contributed by atoms with Crippen LogP contribution in [0.25, 0.3) is 11.1 Å². The standard InChI is InChI=1S/C59H75N3O9/c1-4-6-7-8-9-10-11-12-16-25-56(65)61(3)55-41-53(60-69-42-43-26-30-47(31-27-43)62(66)67)51-39-46(23-17-19-36-63)50(24-18-20-37-64)57-52-40-49(34-35-54(52)71-59(55,58(51)57)68-38-5-2)70-48-32-28-45(29-33-48)44-21-14-13-15-22-44/h5,13-15,21-22,26-35,39-40,46,50,55,57-58,63-64H,2,4,6-12,16-20,23-25,36-38,41-42H2,1,3H3. The molecule has 12 heteroatoms. The van der Waals surface area contributed by atoms with Gasteiger partial charge in [-0.25, -0.2) is 0 Å². The lowest BCUT2D eigenvalue weighted by Gasteiger charge is -2.59. The molecule has 380 valence electrons. The normalized spacial score (nSPS) is 21.6. The fourth-order valence-electron chi connectivity index (χ4n) is 11.1. The number of hydrogen-bond acceptors (Lipinski definition) is 10. The quantitative estimate of drug-likeness (QED) is 0.0234. The van der Waals surface area contributed by atoms with E-state index in [4.69, 9.17) is 24.2 Å². The minimum Gasteiger partial charge on any atom is -0.459 e. The Kier molecular flexibility index (Phi) is 19.8. The molecule has 2 N–H and O–H groups in total. The van der Waals surface area contributed by atoms with Crippen LogP contribution in [0.4, 0.5) is 5.69 Å². The first kappa shape index (κ1) is 53.0. The maximum atomic E-state index is 14.6. The van der Waals surface area contributed by atoms with Crippen LogP contribution in [0.5, 0.6) is 17.2 Å². The van der Waals surface area contributed by atoms with Gasteiger partial charge in [0.1, 0.15) is 29.9 Å². The molecule has 1 saturated carbocycles. The molecular formula is C59H75N3O9. The Morgan fingerprint density at radius 2 is 1.51 bits per heavy atom. The Bertz CT molecular complexity index is 2390. The molecule has 12 nitrogen and oxygen atoms in total. The van der Waals surface area contributed by atoms with Gasteiger partial charge in [0.05, 0.1) is 23.2 Å². The lowest BCUT2D eigenvalue weighted by Crippen LogP contribution is -2.69. The topological polar surface area (TPSA) is 153 Å². The van der Waals surface area contributed by atoms with E-state index in [1.807, 2.05) is 54.4 Å². The molecule has 6 unspecified atom stereocenters. The lowest BCUT2D eigenvalue weighted by atomic mass is 9.55. The van der Waals surface area contributed by atoms with E-state index in [-0.39, 0.29) is 62.2 Å². The smallest absolute Gasteiger partial charge is 0.269 e. The summed E-state index contributed by atoms with van der Waals surface area (Å²) < 4.78 is 21.1. The zero-order valence-corrected chi connectivity index (χ0v) is 41.9. The predicted molar refractivity (Wildman–Crippen MR) is 279 cm³/mol. The van der Waals surface area contributed by atoms with Crippen molar-refractivity contribution in [2.45, 2.75) is 140 Å². The van der Waals surface area contributed by atoms with E-state index in [0.29, 0.717) is 42.2 Å². The molecule has 1 heterocycles. The highest BCUT2D eigenvalue weighted by Gasteiger charge is 2.65. The molecule has 6 atom stereocenters. The van der Waals surface area contributed by atoms with Crippen molar-refractivity contribution in [3.63, 3.8) is 0 Å². The van der Waals surface area contributed by atoms with E-state index in [2.05, 4.69) is 49.9 Å². The number of aliphatic hydroxyl groups is 2. The van der Waals surface area contributed by atoms with Gasteiger partial charge in [-0.05, 0) is 109 Å². The number of amides is 1. The first-order valence-electron chi connectivity index (χ1n) is 26.2. The largest absolute Gasteiger partial charge is 0.459 e. The SMILES string of the molecule is C=CCOC12Oc3ccc(Oc4ccc(-c5ccccc5)cc4)cc3C3C(CCCCO)C(CCCCO)C=C(C(=NOCc4ccc([N+](=O)[O-])cc4)CC1N(C)C(=O)CCCCCCCCCCC)C32. The molecule has 0 saturated heterocycles. The Morgan fingerprint density at radius 3 is 2.18 bits per heavy atom. The second kappa shape index (κ2) is 26.6. The molecule has 7 rings (SSSR count). The number of nitro groups is 1. The summed E-state index contributed by atoms with van der Waals surface area (Å²) in [5.74, 6) is 0.0689. The van der Waals surface area contributed by atoms with Crippen LogP contribution in [-0.4, -0.2) is 70.4 Å². The molecule has 0 spiro atoms. The number of hydrogen-bond donors (Lipinski definition) is 2. The summed E-state index contributed by atoms with van der Waals surface area (Å²) in [7, 11) is 1.86. The number of nitrogens with zero attached hydrogens (tertiary/aromatic N) is 3. The van der Waals surface area contributed by atoms with E-state index in [9.17, 15) is 25.1 Å². The Hall–Kier alpha value is -5.82. The number of non-ortho nitro benzene ring substituents is 1. The van der Waals surface area contributed by atoms with Crippen LogP contribution in [-0.2, 0) is 21.0 Å². The number of nitro benzene ring substituents is 1. The van der Waals surface area contributed by atoms with E-state index in [1.54, 1.807) is 18.2 Å². The van der Waals surface area contributed by atoms with Crippen molar-refractivity contribution in [2.75, 3.05) is 26.9 Å². The van der Waals surface area contributed by atoms with Crippen LogP contribution >= 0.6 is 0 Å². The number of unbranched alkanes of at least 4 members (excludes halogenated alkanes) is 10. The number of carbonyl (C=O) groups is 1. The third-order valence-electron chi connectivity index (χ3n) is 14.8. The first-order chi connectivity index (χ1) is 34.7. The first-order valence-corrected chi connectivity index (χ1v) is 26.2. The Morgan fingerprint density at radius 1 is 0.845 bits per heavy atom. The van der Waals surface area contributed by atoms with Gasteiger partial charge in [0, 0.05) is 56.7 Å². The number of aliphatic hydroxyl groups excluding tert-OH is 2. The number of ether oxygens (including phenoxy) is 3. The maximum Gasteiger partial charge on any atom is 0.269 e. The number of carbonyl (C=O) groups excluding carboxylic acids is 1. The zero-order valence-electron chi connectivity index (χ0n) is 41.9. The summed E-state index contributed by atoms with van der Waals surface area (Å²) in [6, 6.07) is 29.9. The number of fused-ring (bicyclic) bond motifs is 2. The van der Waals surface area contributed by atoms with Crippen LogP contribution in [0.3, 0.4) is 0 Å².